The van der Waals surface area contributed by atoms with E-state index in [-0.39, 0.29) is 19.2 Å². The number of halogens is 1. The number of aryl methyl sites for hydroxylation is 2. The molecule has 2 aliphatic carbocycles. The van der Waals surface area contributed by atoms with Crippen LogP contribution in [0.2, 0.25) is 0 Å². The number of ether oxygens (including phenoxy) is 1. The van der Waals surface area contributed by atoms with Gasteiger partial charge < -0.3 is 15.8 Å². The van der Waals surface area contributed by atoms with Crippen molar-refractivity contribution in [2.45, 2.75) is 43.4 Å². The van der Waals surface area contributed by atoms with Crippen molar-refractivity contribution < 1.29 is 13.9 Å². The van der Waals surface area contributed by atoms with Gasteiger partial charge in [0.25, 0.3) is 0 Å². The van der Waals surface area contributed by atoms with Crippen molar-refractivity contribution >= 4 is 23.7 Å². The van der Waals surface area contributed by atoms with Gasteiger partial charge in [-0.1, -0.05) is 6.07 Å². The molecule has 4 N–H and O–H groups in total. The van der Waals surface area contributed by atoms with Gasteiger partial charge in [-0.15, -0.1) is 0 Å². The summed E-state index contributed by atoms with van der Waals surface area (Å²) in [5, 5.41) is 3.12. The van der Waals surface area contributed by atoms with Crippen molar-refractivity contribution in [3.8, 4) is 5.75 Å². The number of nitrogens with two attached hydrogens (primary N) is 1. The maximum Gasteiger partial charge on any atom is 0.329 e. The fraction of sp³-hybridized carbons (Fsp3) is 0.348. The van der Waals surface area contributed by atoms with Crippen LogP contribution in [0.5, 0.6) is 5.75 Å². The SMILES string of the molecule is NC/C(=C\F)COc1ccc(SNC(=O)Nc2c3c(cc4c2CCC4)CCC3)cc1. The first-order valence-electron chi connectivity index (χ1n) is 10.3. The Morgan fingerprint density at radius 3 is 2.37 bits per heavy atom. The second-order valence-electron chi connectivity index (χ2n) is 7.62. The van der Waals surface area contributed by atoms with Crippen LogP contribution in [0.1, 0.15) is 35.1 Å². The third-order valence-corrected chi connectivity index (χ3v) is 6.43. The summed E-state index contributed by atoms with van der Waals surface area (Å²) in [6.07, 6.45) is 7.08. The van der Waals surface area contributed by atoms with Crippen molar-refractivity contribution in [1.82, 2.24) is 4.72 Å². The molecule has 0 bridgehead atoms. The molecule has 2 aromatic rings. The molecule has 0 heterocycles. The first kappa shape index (κ1) is 20.8. The van der Waals surface area contributed by atoms with Crippen molar-refractivity contribution in [3.05, 3.63) is 64.5 Å². The maximum absolute atomic E-state index is 12.6. The average molecular weight is 428 g/mol. The van der Waals surface area contributed by atoms with E-state index < -0.39 is 0 Å². The Labute approximate surface area is 180 Å². The van der Waals surface area contributed by atoms with Crippen LogP contribution in [-0.4, -0.2) is 19.2 Å². The Kier molecular flexibility index (Phi) is 6.59. The van der Waals surface area contributed by atoms with E-state index in [1.54, 1.807) is 12.1 Å². The van der Waals surface area contributed by atoms with E-state index in [1.165, 1.54) is 34.2 Å². The molecule has 0 aliphatic heterocycles. The Morgan fingerprint density at radius 1 is 1.10 bits per heavy atom. The van der Waals surface area contributed by atoms with Gasteiger partial charge in [0, 0.05) is 22.7 Å². The van der Waals surface area contributed by atoms with E-state index in [0.717, 1.165) is 49.1 Å². The molecule has 4 rings (SSSR count). The summed E-state index contributed by atoms with van der Waals surface area (Å²) in [6.45, 7) is 0.239. The van der Waals surface area contributed by atoms with Crippen LogP contribution in [0, 0.1) is 0 Å². The molecular formula is C23H26FN3O2S. The van der Waals surface area contributed by atoms with Gasteiger partial charge in [0.05, 0.1) is 6.33 Å². The molecule has 0 spiro atoms. The first-order valence-corrected chi connectivity index (χ1v) is 11.1. The van der Waals surface area contributed by atoms with Crippen molar-refractivity contribution in [2.75, 3.05) is 18.5 Å². The highest BCUT2D eigenvalue weighted by Gasteiger charge is 2.24. The second kappa shape index (κ2) is 9.53. The second-order valence-corrected chi connectivity index (χ2v) is 8.50. The monoisotopic (exact) mass is 427 g/mol. The molecule has 158 valence electrons. The smallest absolute Gasteiger partial charge is 0.329 e. The summed E-state index contributed by atoms with van der Waals surface area (Å²) in [5.74, 6) is 0.618. The molecule has 0 unspecified atom stereocenters. The lowest BCUT2D eigenvalue weighted by Crippen LogP contribution is -2.24. The number of nitrogens with one attached hydrogen (secondary N) is 2. The number of hydrogen-bond acceptors (Lipinski definition) is 4. The normalized spacial score (nSPS) is 14.9. The van der Waals surface area contributed by atoms with E-state index in [0.29, 0.717) is 17.7 Å². The van der Waals surface area contributed by atoms with Crippen molar-refractivity contribution in [2.24, 2.45) is 5.73 Å². The van der Waals surface area contributed by atoms with Crippen LogP contribution in [0.15, 0.2) is 47.1 Å². The Morgan fingerprint density at radius 2 is 1.77 bits per heavy atom. The quantitative estimate of drug-likeness (QED) is 0.561. The van der Waals surface area contributed by atoms with E-state index >= 15 is 0 Å². The highest BCUT2D eigenvalue weighted by Crippen LogP contribution is 2.38. The van der Waals surface area contributed by atoms with E-state index in [9.17, 15) is 9.18 Å². The molecule has 0 saturated carbocycles. The van der Waals surface area contributed by atoms with E-state index in [4.69, 9.17) is 10.5 Å². The molecule has 0 aromatic heterocycles. The number of fused-ring (bicyclic) bond motifs is 2. The summed E-state index contributed by atoms with van der Waals surface area (Å²) >= 11 is 1.25. The number of urea groups is 1. The number of rotatable bonds is 7. The Bertz CT molecular complexity index is 928. The fourth-order valence-electron chi connectivity index (χ4n) is 4.13. The summed E-state index contributed by atoms with van der Waals surface area (Å²) in [6, 6.07) is 9.40. The largest absolute Gasteiger partial charge is 0.489 e. The molecule has 7 heteroatoms. The minimum absolute atomic E-state index is 0.117. The standard InChI is InChI=1S/C23H26FN3O2S/c24-12-15(13-25)14-29-18-7-9-19(10-8-18)30-27-23(28)26-22-20-5-1-3-16(20)11-17-4-2-6-21(17)22/h7-12H,1-6,13-14,25H2,(H2,26,27,28)/b15-12+. The molecule has 0 fully saturated rings. The molecule has 0 radical (unpaired) electrons. The van der Waals surface area contributed by atoms with Gasteiger partial charge >= 0.3 is 6.03 Å². The number of carbonyl (C=O) groups excluding carboxylic acids is 1. The number of benzene rings is 2. The Balaban J connectivity index is 1.34. The zero-order valence-corrected chi connectivity index (χ0v) is 17.6. The molecule has 2 amide bonds. The molecule has 0 saturated heterocycles. The van der Waals surface area contributed by atoms with Crippen molar-refractivity contribution in [3.63, 3.8) is 0 Å². The summed E-state index contributed by atoms with van der Waals surface area (Å²) < 4.78 is 20.9. The van der Waals surface area contributed by atoms with Gasteiger partial charge in [-0.3, -0.25) is 4.72 Å². The molecule has 5 nitrogen and oxygen atoms in total. The maximum atomic E-state index is 12.6. The topological polar surface area (TPSA) is 76.4 Å². The van der Waals surface area contributed by atoms with Gasteiger partial charge in [-0.25, -0.2) is 9.18 Å². The predicted molar refractivity (Wildman–Crippen MR) is 119 cm³/mol. The lowest BCUT2D eigenvalue weighted by Gasteiger charge is -2.16. The minimum atomic E-state index is -0.213. The van der Waals surface area contributed by atoms with Crippen LogP contribution < -0.4 is 20.5 Å². The number of anilines is 1. The van der Waals surface area contributed by atoms with E-state index in [2.05, 4.69) is 16.1 Å². The summed E-state index contributed by atoms with van der Waals surface area (Å²) in [4.78, 5) is 13.5. The van der Waals surface area contributed by atoms with Crippen LogP contribution in [-0.2, 0) is 25.7 Å². The van der Waals surface area contributed by atoms with Gasteiger partial charge in [-0.05, 0) is 97.0 Å². The first-order chi connectivity index (χ1) is 14.7. The van der Waals surface area contributed by atoms with E-state index in [1.807, 2.05) is 12.1 Å². The lowest BCUT2D eigenvalue weighted by molar-refractivity contribution is 0.257. The van der Waals surface area contributed by atoms with Gasteiger partial charge in [0.2, 0.25) is 0 Å². The fourth-order valence-corrected chi connectivity index (χ4v) is 4.66. The van der Waals surface area contributed by atoms with Crippen LogP contribution in [0.4, 0.5) is 14.9 Å². The van der Waals surface area contributed by atoms with Crippen molar-refractivity contribution in [1.29, 1.82) is 0 Å². The van der Waals surface area contributed by atoms with Gasteiger partial charge in [0.1, 0.15) is 12.4 Å². The molecule has 2 aliphatic rings. The predicted octanol–water partition coefficient (Wildman–Crippen LogP) is 4.68. The van der Waals surface area contributed by atoms with Gasteiger partial charge in [0.15, 0.2) is 0 Å². The minimum Gasteiger partial charge on any atom is -0.489 e. The van der Waals surface area contributed by atoms with Gasteiger partial charge in [-0.2, -0.15) is 0 Å². The highest BCUT2D eigenvalue weighted by atomic mass is 32.2. The van der Waals surface area contributed by atoms with Crippen LogP contribution in [0.3, 0.4) is 0 Å². The number of amides is 2. The number of hydrogen-bond donors (Lipinski definition) is 3. The van der Waals surface area contributed by atoms with Crippen LogP contribution >= 0.6 is 11.9 Å². The summed E-state index contributed by atoms with van der Waals surface area (Å²) in [7, 11) is 0. The number of carbonyl (C=O) groups is 1. The molecule has 30 heavy (non-hydrogen) atoms. The Hall–Kier alpha value is -2.51. The zero-order valence-electron chi connectivity index (χ0n) is 16.8. The molecule has 0 atom stereocenters. The summed E-state index contributed by atoms with van der Waals surface area (Å²) in [5.41, 5.74) is 12.3. The average Bonchev–Trinajstić information content (AvgIpc) is 3.43. The zero-order chi connectivity index (χ0) is 20.9. The molecular weight excluding hydrogens is 401 g/mol. The lowest BCUT2D eigenvalue weighted by atomic mass is 9.99. The van der Waals surface area contributed by atoms with Crippen LogP contribution in [0.25, 0.3) is 0 Å². The third-order valence-electron chi connectivity index (χ3n) is 5.64. The third kappa shape index (κ3) is 4.63. The highest BCUT2D eigenvalue weighted by molar-refractivity contribution is 7.98. The molecule has 2 aromatic carbocycles.